The molecule has 0 rings (SSSR count). The Kier molecular flexibility index (Phi) is 4.50. The van der Waals surface area contributed by atoms with Gasteiger partial charge in [0.1, 0.15) is 5.83 Å². The molecule has 0 aliphatic carbocycles. The van der Waals surface area contributed by atoms with Gasteiger partial charge in [0.2, 0.25) is 0 Å². The summed E-state index contributed by atoms with van der Waals surface area (Å²) in [4.78, 5) is 0. The summed E-state index contributed by atoms with van der Waals surface area (Å²) < 4.78 is 16.5. The number of halogens is 1. The first-order chi connectivity index (χ1) is 3.81. The van der Waals surface area contributed by atoms with E-state index in [1.54, 1.807) is 0 Å². The van der Waals surface area contributed by atoms with Gasteiger partial charge in [-0.15, -0.1) is 0 Å². The molecule has 0 saturated carbocycles. The van der Waals surface area contributed by atoms with Crippen LogP contribution in [0.2, 0.25) is 0 Å². The maximum absolute atomic E-state index is 12.1. The second kappa shape index (κ2) is 4.74. The summed E-state index contributed by atoms with van der Waals surface area (Å²) in [6, 6.07) is 0. The predicted molar refractivity (Wildman–Crippen MR) is 30.1 cm³/mol. The molecular weight excluding hydrogens is 109 g/mol. The highest BCUT2D eigenvalue weighted by atomic mass is 19.1. The summed E-state index contributed by atoms with van der Waals surface area (Å²) in [6.45, 7) is 0.256. The van der Waals surface area contributed by atoms with Crippen LogP contribution >= 0.6 is 0 Å². The molecule has 0 radical (unpaired) electrons. The van der Waals surface area contributed by atoms with Crippen molar-refractivity contribution in [1.82, 2.24) is 0 Å². The van der Waals surface area contributed by atoms with Crippen molar-refractivity contribution in [2.75, 3.05) is 20.3 Å². The van der Waals surface area contributed by atoms with Gasteiger partial charge >= 0.3 is 0 Å². The number of hydrogen-bond donors (Lipinski definition) is 1. The molecule has 0 amide bonds. The zero-order valence-electron chi connectivity index (χ0n) is 4.86. The molecule has 0 fully saturated rings. The molecule has 0 aromatic carbocycles. The van der Waals surface area contributed by atoms with Gasteiger partial charge in [-0.3, -0.25) is 0 Å². The molecule has 3 heteroatoms. The Bertz CT molecular complexity index is 82.5. The standard InChI is InChI=1S/C5H10FNO/c1-8-4-5(6)2-3-7/h2H,3-4,7H2,1H3. The maximum Gasteiger partial charge on any atom is 0.123 e. The first-order valence-electron chi connectivity index (χ1n) is 2.34. The normalized spacial score (nSPS) is 12.1. The van der Waals surface area contributed by atoms with E-state index >= 15 is 0 Å². The molecule has 0 aromatic heterocycles. The first kappa shape index (κ1) is 7.59. The van der Waals surface area contributed by atoms with Gasteiger partial charge in [0.05, 0.1) is 6.61 Å². The molecule has 2 N–H and O–H groups in total. The zero-order chi connectivity index (χ0) is 6.41. The van der Waals surface area contributed by atoms with Crippen LogP contribution in [0.4, 0.5) is 4.39 Å². The lowest BCUT2D eigenvalue weighted by Crippen LogP contribution is -1.96. The third-order valence-electron chi connectivity index (χ3n) is 0.622. The number of hydrogen-bond acceptors (Lipinski definition) is 2. The molecule has 0 aliphatic heterocycles. The summed E-state index contributed by atoms with van der Waals surface area (Å²) >= 11 is 0. The average Bonchev–Trinajstić information content (AvgIpc) is 1.68. The van der Waals surface area contributed by atoms with Gasteiger partial charge in [0.25, 0.3) is 0 Å². The third-order valence-corrected chi connectivity index (χ3v) is 0.622. The Labute approximate surface area is 48.1 Å². The summed E-state index contributed by atoms with van der Waals surface area (Å²) in [6.07, 6.45) is 1.28. The largest absolute Gasteiger partial charge is 0.378 e. The molecule has 0 saturated heterocycles. The van der Waals surface area contributed by atoms with Gasteiger partial charge in [-0.1, -0.05) is 0 Å². The number of ether oxygens (including phenoxy) is 1. The van der Waals surface area contributed by atoms with E-state index < -0.39 is 0 Å². The Morgan fingerprint density at radius 3 is 2.88 bits per heavy atom. The lowest BCUT2D eigenvalue weighted by atomic mass is 10.5. The Hall–Kier alpha value is -0.410. The molecule has 0 atom stereocenters. The molecule has 2 nitrogen and oxygen atoms in total. The number of rotatable bonds is 3. The fourth-order valence-corrected chi connectivity index (χ4v) is 0.325. The molecular formula is C5H10FNO. The molecule has 0 aliphatic rings. The third kappa shape index (κ3) is 3.77. The SMILES string of the molecule is COCC(F)=CCN. The van der Waals surface area contributed by atoms with Gasteiger partial charge in [0, 0.05) is 13.7 Å². The monoisotopic (exact) mass is 119 g/mol. The van der Waals surface area contributed by atoms with Gasteiger partial charge in [-0.05, 0) is 6.08 Å². The van der Waals surface area contributed by atoms with Gasteiger partial charge in [0.15, 0.2) is 0 Å². The van der Waals surface area contributed by atoms with Gasteiger partial charge in [-0.2, -0.15) is 0 Å². The van der Waals surface area contributed by atoms with Crippen LogP contribution in [0.3, 0.4) is 0 Å². The van der Waals surface area contributed by atoms with Crippen LogP contribution in [0.25, 0.3) is 0 Å². The van der Waals surface area contributed by atoms with Crippen molar-refractivity contribution in [2.45, 2.75) is 0 Å². The molecule has 0 heterocycles. The summed E-state index contributed by atoms with van der Waals surface area (Å²) in [5.74, 6) is -0.310. The second-order valence-electron chi connectivity index (χ2n) is 1.32. The van der Waals surface area contributed by atoms with E-state index in [2.05, 4.69) is 4.74 Å². The minimum absolute atomic E-state index is 0.0250. The highest BCUT2D eigenvalue weighted by molar-refractivity contribution is 4.91. The smallest absolute Gasteiger partial charge is 0.123 e. The highest BCUT2D eigenvalue weighted by Crippen LogP contribution is 1.92. The first-order valence-corrected chi connectivity index (χ1v) is 2.34. The van der Waals surface area contributed by atoms with Crippen LogP contribution in [0.15, 0.2) is 11.9 Å². The van der Waals surface area contributed by atoms with Crippen molar-refractivity contribution in [3.63, 3.8) is 0 Å². The van der Waals surface area contributed by atoms with E-state index in [0.717, 1.165) is 0 Å². The van der Waals surface area contributed by atoms with Crippen LogP contribution in [0.5, 0.6) is 0 Å². The minimum Gasteiger partial charge on any atom is -0.378 e. The van der Waals surface area contributed by atoms with E-state index in [1.165, 1.54) is 13.2 Å². The highest BCUT2D eigenvalue weighted by Gasteiger charge is 1.87. The topological polar surface area (TPSA) is 35.2 Å². The average molecular weight is 119 g/mol. The molecule has 48 valence electrons. The van der Waals surface area contributed by atoms with E-state index in [-0.39, 0.29) is 19.0 Å². The summed E-state index contributed by atoms with van der Waals surface area (Å²) in [7, 11) is 1.43. The Morgan fingerprint density at radius 1 is 1.88 bits per heavy atom. The number of methoxy groups -OCH3 is 1. The molecule has 0 bridgehead atoms. The van der Waals surface area contributed by atoms with Crippen LogP contribution in [-0.2, 0) is 4.74 Å². The van der Waals surface area contributed by atoms with Crippen LogP contribution in [-0.4, -0.2) is 20.3 Å². The maximum atomic E-state index is 12.1. The van der Waals surface area contributed by atoms with Crippen molar-refractivity contribution in [2.24, 2.45) is 5.73 Å². The van der Waals surface area contributed by atoms with E-state index in [1.807, 2.05) is 0 Å². The van der Waals surface area contributed by atoms with E-state index in [4.69, 9.17) is 5.73 Å². The molecule has 0 aromatic rings. The fourth-order valence-electron chi connectivity index (χ4n) is 0.325. The predicted octanol–water partition coefficient (Wildman–Crippen LogP) is 0.445. The Balaban J connectivity index is 3.29. The summed E-state index contributed by atoms with van der Waals surface area (Å²) in [5, 5.41) is 0. The van der Waals surface area contributed by atoms with Crippen molar-refractivity contribution in [3.05, 3.63) is 11.9 Å². The van der Waals surface area contributed by atoms with Crippen molar-refractivity contribution in [1.29, 1.82) is 0 Å². The molecule has 8 heavy (non-hydrogen) atoms. The lowest BCUT2D eigenvalue weighted by Gasteiger charge is -1.91. The van der Waals surface area contributed by atoms with Gasteiger partial charge < -0.3 is 10.5 Å². The van der Waals surface area contributed by atoms with Crippen molar-refractivity contribution >= 4 is 0 Å². The summed E-state index contributed by atoms with van der Waals surface area (Å²) in [5.41, 5.74) is 4.99. The fraction of sp³-hybridized carbons (Fsp3) is 0.600. The zero-order valence-corrected chi connectivity index (χ0v) is 4.86. The molecule has 0 spiro atoms. The van der Waals surface area contributed by atoms with Crippen molar-refractivity contribution < 1.29 is 9.13 Å². The van der Waals surface area contributed by atoms with Crippen LogP contribution in [0, 0.1) is 0 Å². The lowest BCUT2D eigenvalue weighted by molar-refractivity contribution is 0.206. The van der Waals surface area contributed by atoms with Crippen LogP contribution < -0.4 is 5.73 Å². The Morgan fingerprint density at radius 2 is 2.50 bits per heavy atom. The van der Waals surface area contributed by atoms with Crippen molar-refractivity contribution in [3.8, 4) is 0 Å². The quantitative estimate of drug-likeness (QED) is 0.585. The van der Waals surface area contributed by atoms with E-state index in [0.29, 0.717) is 0 Å². The van der Waals surface area contributed by atoms with Crippen LogP contribution in [0.1, 0.15) is 0 Å². The number of nitrogens with two attached hydrogens (primary N) is 1. The minimum atomic E-state index is -0.310. The second-order valence-corrected chi connectivity index (χ2v) is 1.32. The molecule has 0 unspecified atom stereocenters. The van der Waals surface area contributed by atoms with E-state index in [9.17, 15) is 4.39 Å². The van der Waals surface area contributed by atoms with Gasteiger partial charge in [-0.25, -0.2) is 4.39 Å².